The Morgan fingerprint density at radius 1 is 1.46 bits per heavy atom. The van der Waals surface area contributed by atoms with E-state index in [2.05, 4.69) is 32.1 Å². The van der Waals surface area contributed by atoms with Crippen LogP contribution in [0.1, 0.15) is 34.1 Å². The van der Waals surface area contributed by atoms with Crippen molar-refractivity contribution >= 4 is 17.7 Å². The lowest BCUT2D eigenvalue weighted by molar-refractivity contribution is -0.0279. The van der Waals surface area contributed by atoms with E-state index in [0.717, 1.165) is 25.6 Å². The van der Waals surface area contributed by atoms with Crippen LogP contribution in [0.25, 0.3) is 0 Å². The zero-order valence-corrected chi connectivity index (χ0v) is 9.78. The zero-order chi connectivity index (χ0) is 9.90. The highest BCUT2D eigenvalue weighted by Gasteiger charge is 2.19. The maximum atomic E-state index is 5.12. The molecule has 1 heterocycles. The molecule has 1 saturated heterocycles. The van der Waals surface area contributed by atoms with Crippen LogP contribution < -0.4 is 0 Å². The van der Waals surface area contributed by atoms with Crippen LogP contribution in [-0.2, 0) is 4.74 Å². The summed E-state index contributed by atoms with van der Waals surface area (Å²) >= 11 is 1.67. The molecule has 0 radical (unpaired) electrons. The summed E-state index contributed by atoms with van der Waals surface area (Å²) in [6, 6.07) is 0. The van der Waals surface area contributed by atoms with Crippen LogP contribution >= 0.6 is 11.9 Å². The molecule has 1 aliphatic rings. The summed E-state index contributed by atoms with van der Waals surface area (Å²) in [5, 5.41) is 0. The van der Waals surface area contributed by atoms with Crippen LogP contribution in [0.5, 0.6) is 0 Å². The fourth-order valence-electron chi connectivity index (χ4n) is 1.07. The Kier molecular flexibility index (Phi) is 3.80. The number of rotatable bonds is 3. The highest BCUT2D eigenvalue weighted by molar-refractivity contribution is 7.99. The van der Waals surface area contributed by atoms with Gasteiger partial charge in [0.15, 0.2) is 0 Å². The SMILES string of the molecule is C/C(CC1COC1)=N\SC(C)(C)C. The third-order valence-corrected chi connectivity index (χ3v) is 2.72. The average molecular weight is 201 g/mol. The number of nitrogens with zero attached hydrogens (tertiary/aromatic N) is 1. The molecule has 0 unspecified atom stereocenters. The second-order valence-corrected chi connectivity index (χ2v) is 6.23. The number of hydrogen-bond donors (Lipinski definition) is 0. The van der Waals surface area contributed by atoms with Crippen molar-refractivity contribution in [3.05, 3.63) is 0 Å². The van der Waals surface area contributed by atoms with Gasteiger partial charge >= 0.3 is 0 Å². The van der Waals surface area contributed by atoms with Gasteiger partial charge in [0.1, 0.15) is 0 Å². The Hall–Kier alpha value is -0.0200. The molecular weight excluding hydrogens is 182 g/mol. The molecule has 0 N–H and O–H groups in total. The summed E-state index contributed by atoms with van der Waals surface area (Å²) in [6.07, 6.45) is 1.10. The first-order chi connectivity index (χ1) is 5.97. The van der Waals surface area contributed by atoms with Gasteiger partial charge in [-0.05, 0) is 46.1 Å². The van der Waals surface area contributed by atoms with Gasteiger partial charge in [-0.3, -0.25) is 0 Å². The van der Waals surface area contributed by atoms with Crippen molar-refractivity contribution in [2.75, 3.05) is 13.2 Å². The van der Waals surface area contributed by atoms with Crippen molar-refractivity contribution in [3.8, 4) is 0 Å². The van der Waals surface area contributed by atoms with Gasteiger partial charge in [0.25, 0.3) is 0 Å². The fourth-order valence-corrected chi connectivity index (χ4v) is 1.58. The molecule has 0 aromatic rings. The van der Waals surface area contributed by atoms with E-state index < -0.39 is 0 Å². The normalized spacial score (nSPS) is 20.2. The fraction of sp³-hybridized carbons (Fsp3) is 0.900. The summed E-state index contributed by atoms with van der Waals surface area (Å²) < 4.78 is 9.85. The molecule has 76 valence electrons. The minimum atomic E-state index is 0.234. The van der Waals surface area contributed by atoms with E-state index in [1.165, 1.54) is 5.71 Å². The van der Waals surface area contributed by atoms with Crippen LogP contribution in [-0.4, -0.2) is 23.7 Å². The third kappa shape index (κ3) is 4.67. The van der Waals surface area contributed by atoms with Gasteiger partial charge in [0.05, 0.1) is 13.2 Å². The Balaban J connectivity index is 2.24. The Morgan fingerprint density at radius 3 is 2.46 bits per heavy atom. The summed E-state index contributed by atoms with van der Waals surface area (Å²) in [6.45, 7) is 10.5. The van der Waals surface area contributed by atoms with Gasteiger partial charge in [-0.25, -0.2) is 4.40 Å². The van der Waals surface area contributed by atoms with E-state index in [1.807, 2.05) is 0 Å². The van der Waals surface area contributed by atoms with Crippen LogP contribution in [0.3, 0.4) is 0 Å². The average Bonchev–Trinajstić information content (AvgIpc) is 1.91. The number of ether oxygens (including phenoxy) is 1. The molecule has 0 amide bonds. The second kappa shape index (κ2) is 4.47. The predicted molar refractivity (Wildman–Crippen MR) is 59.4 cm³/mol. The molecule has 0 saturated carbocycles. The molecule has 3 heteroatoms. The first-order valence-corrected chi connectivity index (χ1v) is 5.54. The Morgan fingerprint density at radius 2 is 2.08 bits per heavy atom. The molecule has 1 rings (SSSR count). The van der Waals surface area contributed by atoms with Gasteiger partial charge in [-0.1, -0.05) is 0 Å². The highest BCUT2D eigenvalue weighted by atomic mass is 32.2. The standard InChI is InChI=1S/C10H19NOS/c1-8(5-9-6-12-7-9)11-13-10(2,3)4/h9H,5-7H2,1-4H3/b11-8+. The van der Waals surface area contributed by atoms with Gasteiger partial charge in [0, 0.05) is 16.4 Å². The minimum Gasteiger partial charge on any atom is -0.381 e. The Bertz CT molecular complexity index is 192. The van der Waals surface area contributed by atoms with Gasteiger partial charge in [-0.15, -0.1) is 0 Å². The van der Waals surface area contributed by atoms with Crippen LogP contribution in [0.15, 0.2) is 4.40 Å². The van der Waals surface area contributed by atoms with Crippen molar-refractivity contribution < 1.29 is 4.74 Å². The van der Waals surface area contributed by atoms with Gasteiger partial charge in [-0.2, -0.15) is 0 Å². The quantitative estimate of drug-likeness (QED) is 0.517. The topological polar surface area (TPSA) is 21.6 Å². The lowest BCUT2D eigenvalue weighted by atomic mass is 10.0. The van der Waals surface area contributed by atoms with Crippen LogP contribution in [0.2, 0.25) is 0 Å². The molecule has 1 fully saturated rings. The van der Waals surface area contributed by atoms with Crippen molar-refractivity contribution in [1.82, 2.24) is 0 Å². The molecule has 1 aliphatic heterocycles. The third-order valence-electron chi connectivity index (χ3n) is 1.77. The Labute approximate surface area is 85.3 Å². The van der Waals surface area contributed by atoms with Crippen molar-refractivity contribution in [2.24, 2.45) is 10.3 Å². The highest BCUT2D eigenvalue weighted by Crippen LogP contribution is 2.25. The van der Waals surface area contributed by atoms with E-state index in [-0.39, 0.29) is 4.75 Å². The van der Waals surface area contributed by atoms with Crippen molar-refractivity contribution in [1.29, 1.82) is 0 Å². The van der Waals surface area contributed by atoms with E-state index >= 15 is 0 Å². The first kappa shape index (κ1) is 11.1. The molecule has 0 aromatic carbocycles. The van der Waals surface area contributed by atoms with E-state index in [9.17, 15) is 0 Å². The lowest BCUT2D eigenvalue weighted by Gasteiger charge is -2.25. The maximum absolute atomic E-state index is 5.12. The van der Waals surface area contributed by atoms with E-state index in [0.29, 0.717) is 0 Å². The largest absolute Gasteiger partial charge is 0.381 e. The van der Waals surface area contributed by atoms with Gasteiger partial charge in [0.2, 0.25) is 0 Å². The smallest absolute Gasteiger partial charge is 0.0520 e. The van der Waals surface area contributed by atoms with E-state index in [1.54, 1.807) is 11.9 Å². The first-order valence-electron chi connectivity index (χ1n) is 4.77. The van der Waals surface area contributed by atoms with Gasteiger partial charge < -0.3 is 4.74 Å². The van der Waals surface area contributed by atoms with Crippen molar-refractivity contribution in [3.63, 3.8) is 0 Å². The zero-order valence-electron chi connectivity index (χ0n) is 8.96. The molecule has 2 nitrogen and oxygen atoms in total. The van der Waals surface area contributed by atoms with Crippen LogP contribution in [0, 0.1) is 5.92 Å². The van der Waals surface area contributed by atoms with Crippen LogP contribution in [0.4, 0.5) is 0 Å². The summed E-state index contributed by atoms with van der Waals surface area (Å²) in [5.41, 5.74) is 1.24. The summed E-state index contributed by atoms with van der Waals surface area (Å²) in [4.78, 5) is 0. The molecule has 0 spiro atoms. The molecular formula is C10H19NOS. The molecule has 13 heavy (non-hydrogen) atoms. The molecule has 0 atom stereocenters. The second-order valence-electron chi connectivity index (χ2n) is 4.64. The molecule has 0 aliphatic carbocycles. The maximum Gasteiger partial charge on any atom is 0.0520 e. The van der Waals surface area contributed by atoms with E-state index in [4.69, 9.17) is 4.74 Å². The summed E-state index contributed by atoms with van der Waals surface area (Å²) in [7, 11) is 0. The van der Waals surface area contributed by atoms with Crippen molar-refractivity contribution in [2.45, 2.75) is 38.9 Å². The molecule has 0 aromatic heterocycles. The minimum absolute atomic E-state index is 0.234. The molecule has 0 bridgehead atoms. The number of hydrogen-bond acceptors (Lipinski definition) is 3. The monoisotopic (exact) mass is 201 g/mol. The predicted octanol–water partition coefficient (Wildman–Crippen LogP) is 2.93. The lowest BCUT2D eigenvalue weighted by Crippen LogP contribution is -2.29. The summed E-state index contributed by atoms with van der Waals surface area (Å²) in [5.74, 6) is 0.726.